The number of ether oxygens (including phenoxy) is 3. The van der Waals surface area contributed by atoms with Gasteiger partial charge in [-0.1, -0.05) is 31.2 Å². The largest absolute Gasteiger partial charge is 0.484 e. The lowest BCUT2D eigenvalue weighted by Gasteiger charge is -2.30. The van der Waals surface area contributed by atoms with Gasteiger partial charge in [0.15, 0.2) is 6.61 Å². The summed E-state index contributed by atoms with van der Waals surface area (Å²) in [6.07, 6.45) is 0.529. The standard InChI is InChI=1S/C32H37N3O7S2/c1-6-24(43-22-14-10-11-20(17-22)33-26(36)19-41-21-12-8-7-9-13-21)28(37)34-29-27(30(38)40-5)23-15-16-35(18-25(23)44-29)31(39)42-32(2,3)4/h7-14,17,24H,6,15-16,18-19H2,1-5H3,(H,33,36)(H,34,37). The van der Waals surface area contributed by atoms with Gasteiger partial charge in [-0.3, -0.25) is 9.59 Å². The van der Waals surface area contributed by atoms with Crippen molar-refractivity contribution < 1.29 is 33.4 Å². The lowest BCUT2D eigenvalue weighted by molar-refractivity contribution is -0.118. The van der Waals surface area contributed by atoms with Crippen LogP contribution in [0.2, 0.25) is 0 Å². The number of methoxy groups -OCH3 is 1. The van der Waals surface area contributed by atoms with Crippen molar-refractivity contribution in [1.82, 2.24) is 4.90 Å². The van der Waals surface area contributed by atoms with Crippen LogP contribution in [0.3, 0.4) is 0 Å². The summed E-state index contributed by atoms with van der Waals surface area (Å²) in [4.78, 5) is 54.6. The normalized spacial score (nSPS) is 13.3. The molecule has 0 radical (unpaired) electrons. The highest BCUT2D eigenvalue weighted by molar-refractivity contribution is 8.00. The summed E-state index contributed by atoms with van der Waals surface area (Å²) in [5, 5.41) is 5.70. The number of hydrogen-bond acceptors (Lipinski definition) is 9. The molecule has 3 aromatic rings. The number of carbonyl (C=O) groups excluding carboxylic acids is 4. The van der Waals surface area contributed by atoms with Gasteiger partial charge in [0.25, 0.3) is 5.91 Å². The van der Waals surface area contributed by atoms with E-state index >= 15 is 0 Å². The number of rotatable bonds is 10. The molecule has 10 nitrogen and oxygen atoms in total. The maximum Gasteiger partial charge on any atom is 0.410 e. The molecular formula is C32H37N3O7S2. The zero-order chi connectivity index (χ0) is 31.9. The molecule has 3 amide bonds. The highest BCUT2D eigenvalue weighted by atomic mass is 32.2. The van der Waals surface area contributed by atoms with E-state index in [0.29, 0.717) is 41.4 Å². The molecule has 0 bridgehead atoms. The van der Waals surface area contributed by atoms with E-state index in [0.717, 1.165) is 15.3 Å². The van der Waals surface area contributed by atoms with Crippen molar-refractivity contribution in [2.45, 2.75) is 62.8 Å². The second kappa shape index (κ2) is 14.6. The van der Waals surface area contributed by atoms with Crippen molar-refractivity contribution >= 4 is 57.7 Å². The van der Waals surface area contributed by atoms with Gasteiger partial charge < -0.3 is 29.7 Å². The maximum absolute atomic E-state index is 13.5. The third-order valence-electron chi connectivity index (χ3n) is 6.51. The SMILES string of the molecule is CCC(Sc1cccc(NC(=O)COc2ccccc2)c1)C(=O)Nc1sc2c(c1C(=O)OC)CCN(C(=O)OC(C)(C)C)C2. The number of benzene rings is 2. The summed E-state index contributed by atoms with van der Waals surface area (Å²) < 4.78 is 16.1. The maximum atomic E-state index is 13.5. The van der Waals surface area contributed by atoms with Crippen LogP contribution in [0, 0.1) is 0 Å². The number of para-hydroxylation sites is 1. The number of anilines is 2. The number of amides is 3. The molecule has 1 aliphatic rings. The van der Waals surface area contributed by atoms with Crippen molar-refractivity contribution in [2.75, 3.05) is 30.9 Å². The molecule has 2 heterocycles. The average Bonchev–Trinajstić information content (AvgIpc) is 3.35. The number of fused-ring (bicyclic) bond motifs is 1. The Bertz CT molecular complexity index is 1500. The van der Waals surface area contributed by atoms with Crippen LogP contribution in [0.1, 0.15) is 54.9 Å². The molecule has 0 saturated heterocycles. The first kappa shape index (κ1) is 32.9. The number of thiophene rings is 1. The summed E-state index contributed by atoms with van der Waals surface area (Å²) in [6.45, 7) is 7.86. The molecule has 1 aliphatic heterocycles. The van der Waals surface area contributed by atoms with E-state index in [1.807, 2.05) is 52.0 Å². The molecule has 1 aromatic heterocycles. The van der Waals surface area contributed by atoms with Crippen LogP contribution < -0.4 is 15.4 Å². The van der Waals surface area contributed by atoms with Gasteiger partial charge in [-0.15, -0.1) is 23.1 Å². The lowest BCUT2D eigenvalue weighted by atomic mass is 10.0. The van der Waals surface area contributed by atoms with Crippen LogP contribution in [0.15, 0.2) is 59.5 Å². The van der Waals surface area contributed by atoms with Gasteiger partial charge in [0.05, 0.1) is 24.5 Å². The predicted molar refractivity (Wildman–Crippen MR) is 172 cm³/mol. The molecule has 2 aromatic carbocycles. The zero-order valence-corrected chi connectivity index (χ0v) is 27.1. The first-order valence-electron chi connectivity index (χ1n) is 14.2. The fraction of sp³-hybridized carbons (Fsp3) is 0.375. The number of carbonyl (C=O) groups is 4. The first-order chi connectivity index (χ1) is 21.0. The van der Waals surface area contributed by atoms with Crippen molar-refractivity contribution in [3.8, 4) is 5.75 Å². The summed E-state index contributed by atoms with van der Waals surface area (Å²) >= 11 is 2.63. The van der Waals surface area contributed by atoms with Gasteiger partial charge in [-0.25, -0.2) is 9.59 Å². The summed E-state index contributed by atoms with van der Waals surface area (Å²) in [5.74, 6) is -0.506. The van der Waals surface area contributed by atoms with Crippen LogP contribution in [0.5, 0.6) is 5.75 Å². The molecule has 0 aliphatic carbocycles. The molecule has 1 atom stereocenters. The highest BCUT2D eigenvalue weighted by Crippen LogP contribution is 2.39. The minimum absolute atomic E-state index is 0.135. The molecule has 12 heteroatoms. The molecule has 0 fully saturated rings. The van der Waals surface area contributed by atoms with E-state index in [4.69, 9.17) is 14.2 Å². The molecule has 1 unspecified atom stereocenters. The number of nitrogens with one attached hydrogen (secondary N) is 2. The van der Waals surface area contributed by atoms with Gasteiger partial charge in [0.1, 0.15) is 16.4 Å². The fourth-order valence-corrected chi connectivity index (χ4v) is 6.75. The van der Waals surface area contributed by atoms with Gasteiger partial charge >= 0.3 is 12.1 Å². The van der Waals surface area contributed by atoms with Crippen LogP contribution in [-0.4, -0.2) is 59.9 Å². The van der Waals surface area contributed by atoms with E-state index in [2.05, 4.69) is 10.6 Å². The van der Waals surface area contributed by atoms with E-state index in [9.17, 15) is 19.2 Å². The van der Waals surface area contributed by atoms with Crippen molar-refractivity contribution in [3.05, 3.63) is 70.6 Å². The average molecular weight is 640 g/mol. The van der Waals surface area contributed by atoms with E-state index in [1.165, 1.54) is 30.2 Å². The molecular weight excluding hydrogens is 603 g/mol. The third-order valence-corrected chi connectivity index (χ3v) is 9.00. The van der Waals surface area contributed by atoms with Crippen molar-refractivity contribution in [1.29, 1.82) is 0 Å². The third kappa shape index (κ3) is 8.76. The quantitative estimate of drug-likeness (QED) is 0.194. The molecule has 0 spiro atoms. The Morgan fingerprint density at radius 2 is 1.80 bits per heavy atom. The van der Waals surface area contributed by atoms with E-state index in [-0.39, 0.29) is 25.0 Å². The van der Waals surface area contributed by atoms with Gasteiger partial charge in [-0.05, 0) is 69.5 Å². The Hall–Kier alpha value is -4.03. The molecule has 0 saturated carbocycles. The summed E-state index contributed by atoms with van der Waals surface area (Å²) in [5.41, 5.74) is 1.06. The van der Waals surface area contributed by atoms with Crippen LogP contribution in [-0.2, 0) is 32.0 Å². The lowest BCUT2D eigenvalue weighted by Crippen LogP contribution is -2.39. The number of esters is 1. The van der Waals surface area contributed by atoms with Gasteiger partial charge in [0, 0.05) is 22.0 Å². The predicted octanol–water partition coefficient (Wildman–Crippen LogP) is 6.35. The Morgan fingerprint density at radius 1 is 1.05 bits per heavy atom. The summed E-state index contributed by atoms with van der Waals surface area (Å²) in [7, 11) is 1.30. The number of hydrogen-bond donors (Lipinski definition) is 2. The van der Waals surface area contributed by atoms with Crippen LogP contribution in [0.4, 0.5) is 15.5 Å². The monoisotopic (exact) mass is 639 g/mol. The second-order valence-electron chi connectivity index (χ2n) is 11.0. The number of nitrogens with zero attached hydrogens (tertiary/aromatic N) is 1. The van der Waals surface area contributed by atoms with Crippen LogP contribution in [0.25, 0.3) is 0 Å². The minimum Gasteiger partial charge on any atom is -0.484 e. The molecule has 44 heavy (non-hydrogen) atoms. The Kier molecular flexibility index (Phi) is 10.9. The molecule has 2 N–H and O–H groups in total. The zero-order valence-electron chi connectivity index (χ0n) is 25.4. The first-order valence-corrected chi connectivity index (χ1v) is 15.9. The molecule has 4 rings (SSSR count). The van der Waals surface area contributed by atoms with Crippen LogP contribution >= 0.6 is 23.1 Å². The van der Waals surface area contributed by atoms with E-state index in [1.54, 1.807) is 35.2 Å². The Labute approximate surface area is 265 Å². The van der Waals surface area contributed by atoms with Gasteiger partial charge in [-0.2, -0.15) is 0 Å². The topological polar surface area (TPSA) is 123 Å². The van der Waals surface area contributed by atoms with E-state index < -0.39 is 22.9 Å². The van der Waals surface area contributed by atoms with Crippen molar-refractivity contribution in [3.63, 3.8) is 0 Å². The number of thioether (sulfide) groups is 1. The second-order valence-corrected chi connectivity index (χ2v) is 13.4. The highest BCUT2D eigenvalue weighted by Gasteiger charge is 2.33. The summed E-state index contributed by atoms with van der Waals surface area (Å²) in [6, 6.07) is 16.3. The Morgan fingerprint density at radius 3 is 2.48 bits per heavy atom. The molecule has 234 valence electrons. The minimum atomic E-state index is -0.627. The fourth-order valence-electron chi connectivity index (χ4n) is 4.48. The smallest absolute Gasteiger partial charge is 0.410 e. The van der Waals surface area contributed by atoms with Crippen molar-refractivity contribution in [2.24, 2.45) is 0 Å². The van der Waals surface area contributed by atoms with Gasteiger partial charge in [0.2, 0.25) is 5.91 Å². The Balaban J connectivity index is 1.43.